The average Bonchev–Trinajstić information content (AvgIpc) is 2.94. The Balaban J connectivity index is 2.24. The van der Waals surface area contributed by atoms with E-state index in [0.29, 0.717) is 10.6 Å². The molecule has 0 unspecified atom stereocenters. The van der Waals surface area contributed by atoms with Crippen molar-refractivity contribution in [3.05, 3.63) is 34.2 Å². The Morgan fingerprint density at radius 2 is 2.19 bits per heavy atom. The first-order chi connectivity index (χ1) is 9.99. The Bertz CT molecular complexity index is 526. The number of allylic oxidation sites excluding steroid dienone is 1. The number of amides is 1. The number of piperidine rings is 1. The van der Waals surface area contributed by atoms with E-state index in [2.05, 4.69) is 11.9 Å². The number of rotatable bonds is 3. The van der Waals surface area contributed by atoms with Crippen molar-refractivity contribution in [2.45, 2.75) is 25.8 Å². The molecule has 2 heterocycles. The maximum absolute atomic E-state index is 12.7. The fourth-order valence-electron chi connectivity index (χ4n) is 2.53. The van der Waals surface area contributed by atoms with Gasteiger partial charge in [-0.2, -0.15) is 0 Å². The number of carbonyl (C=O) groups is 1. The van der Waals surface area contributed by atoms with Gasteiger partial charge in [-0.25, -0.2) is 0 Å². The van der Waals surface area contributed by atoms with E-state index < -0.39 is 0 Å². The monoisotopic (exact) mass is 306 g/mol. The van der Waals surface area contributed by atoms with Gasteiger partial charge in [0.2, 0.25) is 0 Å². The third kappa shape index (κ3) is 3.92. The lowest BCUT2D eigenvalue weighted by molar-refractivity contribution is 0.0753. The van der Waals surface area contributed by atoms with E-state index >= 15 is 0 Å². The lowest BCUT2D eigenvalue weighted by atomic mass is 10.0. The number of carbonyl (C=O) groups excluding carboxylic acids is 1. The van der Waals surface area contributed by atoms with Crippen LogP contribution in [0.5, 0.6) is 0 Å². The summed E-state index contributed by atoms with van der Waals surface area (Å²) in [7, 11) is 2.08. The molecule has 0 atom stereocenters. The first-order valence-electron chi connectivity index (χ1n) is 7.07. The third-order valence-corrected chi connectivity index (χ3v) is 4.49. The summed E-state index contributed by atoms with van der Waals surface area (Å²) in [4.78, 5) is 17.2. The molecule has 1 aromatic heterocycles. The summed E-state index contributed by atoms with van der Waals surface area (Å²) < 4.78 is 0. The van der Waals surface area contributed by atoms with Crippen LogP contribution in [0.3, 0.4) is 0 Å². The number of nitrogens with zero attached hydrogens (tertiary/aromatic N) is 2. The molecule has 114 valence electrons. The minimum atomic E-state index is -0.0953. The zero-order chi connectivity index (χ0) is 15.4. The van der Waals surface area contributed by atoms with E-state index in [0.717, 1.165) is 25.9 Å². The number of hydrogen-bond acceptors (Lipinski definition) is 5. The van der Waals surface area contributed by atoms with Gasteiger partial charge in [-0.05, 0) is 57.4 Å². The van der Waals surface area contributed by atoms with Gasteiger partial charge >= 0.3 is 0 Å². The Morgan fingerprint density at radius 3 is 2.71 bits per heavy atom. The van der Waals surface area contributed by atoms with Gasteiger partial charge in [0, 0.05) is 11.7 Å². The lowest BCUT2D eigenvalue weighted by Crippen LogP contribution is -2.48. The van der Waals surface area contributed by atoms with Gasteiger partial charge in [0.15, 0.2) is 0 Å². The molecule has 1 aliphatic rings. The molecular weight excluding hydrogens is 284 g/mol. The summed E-state index contributed by atoms with van der Waals surface area (Å²) in [5, 5.41) is 10.1. The molecule has 0 spiro atoms. The van der Waals surface area contributed by atoms with E-state index in [4.69, 9.17) is 11.1 Å². The van der Waals surface area contributed by atoms with E-state index in [1.807, 2.05) is 11.4 Å². The fraction of sp³-hybridized carbons (Fsp3) is 0.467. The molecular formula is C15H22N4OS. The Morgan fingerprint density at radius 1 is 1.52 bits per heavy atom. The maximum atomic E-state index is 12.7. The number of thiophene rings is 1. The highest BCUT2D eigenvalue weighted by Gasteiger charge is 2.30. The highest BCUT2D eigenvalue weighted by atomic mass is 32.1. The second-order valence-corrected chi connectivity index (χ2v) is 6.41. The molecule has 0 aromatic carbocycles. The summed E-state index contributed by atoms with van der Waals surface area (Å²) in [6.07, 6.45) is 3.32. The zero-order valence-corrected chi connectivity index (χ0v) is 13.3. The second kappa shape index (κ2) is 6.87. The SMILES string of the molecule is C/C(N)=C/C(=N)N(C(=O)c1cccs1)C1CCN(C)CC1. The van der Waals surface area contributed by atoms with Crippen molar-refractivity contribution < 1.29 is 4.79 Å². The van der Waals surface area contributed by atoms with Crippen LogP contribution in [0.15, 0.2) is 29.3 Å². The normalized spacial score (nSPS) is 17.7. The second-order valence-electron chi connectivity index (χ2n) is 5.46. The average molecular weight is 306 g/mol. The zero-order valence-electron chi connectivity index (χ0n) is 12.5. The number of nitrogens with two attached hydrogens (primary N) is 1. The first-order valence-corrected chi connectivity index (χ1v) is 7.95. The van der Waals surface area contributed by atoms with Crippen LogP contribution in [0.1, 0.15) is 29.4 Å². The predicted molar refractivity (Wildman–Crippen MR) is 86.7 cm³/mol. The van der Waals surface area contributed by atoms with Crippen LogP contribution >= 0.6 is 11.3 Å². The highest BCUT2D eigenvalue weighted by molar-refractivity contribution is 7.12. The molecule has 21 heavy (non-hydrogen) atoms. The Labute approximate surface area is 129 Å². The van der Waals surface area contributed by atoms with Crippen molar-refractivity contribution in [2.24, 2.45) is 5.73 Å². The van der Waals surface area contributed by atoms with E-state index in [9.17, 15) is 4.79 Å². The quantitative estimate of drug-likeness (QED) is 0.663. The maximum Gasteiger partial charge on any atom is 0.269 e. The number of likely N-dealkylation sites (tertiary alicyclic amines) is 1. The first kappa shape index (κ1) is 15.7. The topological polar surface area (TPSA) is 73.4 Å². The van der Waals surface area contributed by atoms with Crippen LogP contribution in [0.2, 0.25) is 0 Å². The Hall–Kier alpha value is -1.66. The minimum Gasteiger partial charge on any atom is -0.402 e. The van der Waals surface area contributed by atoms with Gasteiger partial charge < -0.3 is 10.6 Å². The summed E-state index contributed by atoms with van der Waals surface area (Å²) in [6.45, 7) is 3.62. The molecule has 1 saturated heterocycles. The number of nitrogens with one attached hydrogen (secondary N) is 1. The van der Waals surface area contributed by atoms with E-state index in [1.54, 1.807) is 24.0 Å². The molecule has 2 rings (SSSR count). The van der Waals surface area contributed by atoms with Gasteiger partial charge in [-0.1, -0.05) is 6.07 Å². The molecule has 0 saturated carbocycles. The van der Waals surface area contributed by atoms with Gasteiger partial charge in [-0.3, -0.25) is 15.1 Å². The smallest absolute Gasteiger partial charge is 0.269 e. The standard InChI is InChI=1S/C15H22N4OS/c1-11(16)10-14(17)19(12-5-7-18(2)8-6-12)15(20)13-4-3-9-21-13/h3-4,9-10,12,17H,5-8,16H2,1-2H3/b11-10-,17-14?. The van der Waals surface area contributed by atoms with Crippen molar-refractivity contribution in [1.29, 1.82) is 5.41 Å². The Kier molecular flexibility index (Phi) is 5.14. The number of amidine groups is 1. The van der Waals surface area contributed by atoms with E-state index in [1.165, 1.54) is 11.3 Å². The third-order valence-electron chi connectivity index (χ3n) is 3.63. The van der Waals surface area contributed by atoms with Crippen LogP contribution in [0.4, 0.5) is 0 Å². The van der Waals surface area contributed by atoms with Crippen molar-refractivity contribution >= 4 is 23.1 Å². The predicted octanol–water partition coefficient (Wildman–Crippen LogP) is 2.12. The lowest BCUT2D eigenvalue weighted by Gasteiger charge is -2.36. The minimum absolute atomic E-state index is 0.0684. The van der Waals surface area contributed by atoms with Crippen molar-refractivity contribution in [3.63, 3.8) is 0 Å². The molecule has 1 fully saturated rings. The van der Waals surface area contributed by atoms with Crippen LogP contribution in [-0.2, 0) is 0 Å². The van der Waals surface area contributed by atoms with Gasteiger partial charge in [0.1, 0.15) is 5.84 Å². The summed E-state index contributed by atoms with van der Waals surface area (Å²) in [5.41, 5.74) is 6.22. The van der Waals surface area contributed by atoms with Gasteiger partial charge in [0.05, 0.1) is 4.88 Å². The molecule has 0 aliphatic carbocycles. The van der Waals surface area contributed by atoms with E-state index in [-0.39, 0.29) is 17.8 Å². The number of hydrogen-bond donors (Lipinski definition) is 2. The van der Waals surface area contributed by atoms with Crippen LogP contribution in [-0.4, -0.2) is 47.7 Å². The van der Waals surface area contributed by atoms with Gasteiger partial charge in [-0.15, -0.1) is 11.3 Å². The summed E-state index contributed by atoms with van der Waals surface area (Å²) >= 11 is 1.41. The molecule has 1 aliphatic heterocycles. The molecule has 5 nitrogen and oxygen atoms in total. The molecule has 0 radical (unpaired) electrons. The highest BCUT2D eigenvalue weighted by Crippen LogP contribution is 2.21. The molecule has 6 heteroatoms. The molecule has 0 bridgehead atoms. The van der Waals surface area contributed by atoms with Crippen LogP contribution in [0.25, 0.3) is 0 Å². The van der Waals surface area contributed by atoms with Gasteiger partial charge in [0.25, 0.3) is 5.91 Å². The largest absolute Gasteiger partial charge is 0.402 e. The molecule has 3 N–H and O–H groups in total. The molecule has 1 aromatic rings. The fourth-order valence-corrected chi connectivity index (χ4v) is 3.19. The van der Waals surface area contributed by atoms with Crippen molar-refractivity contribution in [1.82, 2.24) is 9.80 Å². The van der Waals surface area contributed by atoms with Crippen LogP contribution < -0.4 is 5.73 Å². The van der Waals surface area contributed by atoms with Crippen molar-refractivity contribution in [2.75, 3.05) is 20.1 Å². The molecule has 1 amide bonds. The summed E-state index contributed by atoms with van der Waals surface area (Å²) in [6, 6.07) is 3.73. The van der Waals surface area contributed by atoms with Crippen LogP contribution in [0, 0.1) is 5.41 Å². The van der Waals surface area contributed by atoms with Crippen molar-refractivity contribution in [3.8, 4) is 0 Å². The summed E-state index contributed by atoms with van der Waals surface area (Å²) in [5.74, 6) is 0.0880.